The first-order valence-corrected chi connectivity index (χ1v) is 6.54. The summed E-state index contributed by atoms with van der Waals surface area (Å²) in [6, 6.07) is 2.40. The number of hydrogen-bond acceptors (Lipinski definition) is 2. The minimum absolute atomic E-state index is 0.319. The largest absolute Gasteiger partial charge is 0.416 e. The topological polar surface area (TPSA) is 63.3 Å². The molecule has 0 amide bonds. The number of nitrogens with zero attached hydrogens (tertiary/aromatic N) is 2. The SMILES string of the molecule is NC(=NCCc1cc(C(F)(F)F)ccn1)NC1CCC1. The highest BCUT2D eigenvalue weighted by molar-refractivity contribution is 5.78. The summed E-state index contributed by atoms with van der Waals surface area (Å²) >= 11 is 0. The first kappa shape index (κ1) is 14.6. The van der Waals surface area contributed by atoms with Gasteiger partial charge in [0.2, 0.25) is 0 Å². The van der Waals surface area contributed by atoms with Gasteiger partial charge in [-0.1, -0.05) is 0 Å². The van der Waals surface area contributed by atoms with Crippen LogP contribution in [0.25, 0.3) is 0 Å². The number of nitrogens with one attached hydrogen (secondary N) is 1. The van der Waals surface area contributed by atoms with Crippen molar-refractivity contribution in [2.45, 2.75) is 37.9 Å². The predicted octanol–water partition coefficient (Wildman–Crippen LogP) is 2.10. The molecule has 20 heavy (non-hydrogen) atoms. The molecule has 4 nitrogen and oxygen atoms in total. The van der Waals surface area contributed by atoms with Crippen LogP contribution in [0.15, 0.2) is 23.3 Å². The summed E-state index contributed by atoms with van der Waals surface area (Å²) in [5, 5.41) is 3.07. The molecule has 1 aliphatic rings. The van der Waals surface area contributed by atoms with Crippen LogP contribution in [0.5, 0.6) is 0 Å². The molecule has 0 unspecified atom stereocenters. The zero-order valence-corrected chi connectivity index (χ0v) is 11.0. The van der Waals surface area contributed by atoms with Crippen LogP contribution in [0.4, 0.5) is 13.2 Å². The van der Waals surface area contributed by atoms with Crippen molar-refractivity contribution in [1.82, 2.24) is 10.3 Å². The van der Waals surface area contributed by atoms with Gasteiger partial charge in [-0.3, -0.25) is 9.98 Å². The number of halogens is 3. The summed E-state index contributed by atoms with van der Waals surface area (Å²) in [6.45, 7) is 0.319. The van der Waals surface area contributed by atoms with Crippen LogP contribution in [0.2, 0.25) is 0 Å². The third-order valence-electron chi connectivity index (χ3n) is 3.25. The Labute approximate surface area is 115 Å². The Morgan fingerprint density at radius 1 is 1.45 bits per heavy atom. The monoisotopic (exact) mass is 286 g/mol. The molecule has 1 aliphatic carbocycles. The average Bonchev–Trinajstić information content (AvgIpc) is 2.33. The third kappa shape index (κ3) is 4.11. The van der Waals surface area contributed by atoms with Gasteiger partial charge >= 0.3 is 6.18 Å². The van der Waals surface area contributed by atoms with Gasteiger partial charge in [-0.05, 0) is 31.4 Å². The van der Waals surface area contributed by atoms with Crippen molar-refractivity contribution in [3.05, 3.63) is 29.6 Å². The molecule has 0 bridgehead atoms. The van der Waals surface area contributed by atoms with E-state index in [4.69, 9.17) is 5.73 Å². The lowest BCUT2D eigenvalue weighted by atomic mass is 9.93. The Balaban J connectivity index is 1.85. The molecule has 1 fully saturated rings. The average molecular weight is 286 g/mol. The van der Waals surface area contributed by atoms with Crippen LogP contribution in [-0.2, 0) is 12.6 Å². The number of aromatic nitrogens is 1. The number of rotatable bonds is 4. The Bertz CT molecular complexity index is 481. The second-order valence-electron chi connectivity index (χ2n) is 4.82. The minimum atomic E-state index is -4.34. The lowest BCUT2D eigenvalue weighted by molar-refractivity contribution is -0.137. The van der Waals surface area contributed by atoms with Crippen molar-refractivity contribution in [2.24, 2.45) is 10.7 Å². The number of aliphatic imine (C=N–C) groups is 1. The lowest BCUT2D eigenvalue weighted by Crippen LogP contribution is -2.43. The van der Waals surface area contributed by atoms with Crippen molar-refractivity contribution in [3.8, 4) is 0 Å². The highest BCUT2D eigenvalue weighted by atomic mass is 19.4. The van der Waals surface area contributed by atoms with Gasteiger partial charge in [0.05, 0.1) is 5.56 Å². The van der Waals surface area contributed by atoms with Crippen molar-refractivity contribution < 1.29 is 13.2 Å². The van der Waals surface area contributed by atoms with Gasteiger partial charge in [-0.15, -0.1) is 0 Å². The summed E-state index contributed by atoms with van der Waals surface area (Å²) in [5.74, 6) is 0.349. The first-order chi connectivity index (χ1) is 9.45. The fourth-order valence-corrected chi connectivity index (χ4v) is 1.89. The van der Waals surface area contributed by atoms with Crippen molar-refractivity contribution in [2.75, 3.05) is 6.54 Å². The van der Waals surface area contributed by atoms with Gasteiger partial charge in [0.15, 0.2) is 5.96 Å². The molecule has 1 aromatic heterocycles. The standard InChI is InChI=1S/C13H17F3N4/c14-13(15,16)9-4-6-18-11(8-9)5-7-19-12(17)20-10-2-1-3-10/h4,6,8,10H,1-3,5,7H2,(H3,17,19,20). The Morgan fingerprint density at radius 3 is 2.80 bits per heavy atom. The molecule has 1 saturated carbocycles. The molecule has 3 N–H and O–H groups in total. The smallest absolute Gasteiger partial charge is 0.370 e. The highest BCUT2D eigenvalue weighted by Crippen LogP contribution is 2.29. The van der Waals surface area contributed by atoms with Crippen LogP contribution >= 0.6 is 0 Å². The number of nitrogens with two attached hydrogens (primary N) is 1. The minimum Gasteiger partial charge on any atom is -0.370 e. The van der Waals surface area contributed by atoms with Gasteiger partial charge in [0.1, 0.15) is 0 Å². The number of pyridine rings is 1. The molecule has 0 aromatic carbocycles. The van der Waals surface area contributed by atoms with Crippen LogP contribution in [0, 0.1) is 0 Å². The zero-order chi connectivity index (χ0) is 14.6. The van der Waals surface area contributed by atoms with Crippen molar-refractivity contribution in [1.29, 1.82) is 0 Å². The number of hydrogen-bond donors (Lipinski definition) is 2. The van der Waals surface area contributed by atoms with Gasteiger partial charge < -0.3 is 11.1 Å². The molecular formula is C13H17F3N4. The lowest BCUT2D eigenvalue weighted by Gasteiger charge is -2.26. The van der Waals surface area contributed by atoms with E-state index in [2.05, 4.69) is 15.3 Å². The maximum atomic E-state index is 12.5. The van der Waals surface area contributed by atoms with E-state index in [1.807, 2.05) is 0 Å². The maximum Gasteiger partial charge on any atom is 0.416 e. The van der Waals surface area contributed by atoms with Gasteiger partial charge in [-0.2, -0.15) is 13.2 Å². The Kier molecular flexibility index (Phi) is 4.46. The van der Waals surface area contributed by atoms with E-state index in [9.17, 15) is 13.2 Å². The van der Waals surface area contributed by atoms with E-state index >= 15 is 0 Å². The van der Waals surface area contributed by atoms with Crippen LogP contribution in [0.1, 0.15) is 30.5 Å². The van der Waals surface area contributed by atoms with E-state index in [1.54, 1.807) is 0 Å². The molecule has 0 spiro atoms. The summed E-state index contributed by atoms with van der Waals surface area (Å²) in [5.41, 5.74) is 5.36. The second-order valence-corrected chi connectivity index (χ2v) is 4.82. The summed E-state index contributed by atoms with van der Waals surface area (Å²) in [6.07, 6.45) is 0.524. The molecule has 2 rings (SSSR count). The molecule has 110 valence electrons. The van der Waals surface area contributed by atoms with Gasteiger partial charge in [-0.25, -0.2) is 0 Å². The van der Waals surface area contributed by atoms with Crippen LogP contribution in [-0.4, -0.2) is 23.5 Å². The van der Waals surface area contributed by atoms with Gasteiger partial charge in [0, 0.05) is 30.9 Å². The fraction of sp³-hybridized carbons (Fsp3) is 0.538. The Hall–Kier alpha value is -1.79. The molecular weight excluding hydrogens is 269 g/mol. The van der Waals surface area contributed by atoms with E-state index in [0.29, 0.717) is 30.7 Å². The summed E-state index contributed by atoms with van der Waals surface area (Å²) < 4.78 is 37.6. The van der Waals surface area contributed by atoms with Crippen molar-refractivity contribution >= 4 is 5.96 Å². The van der Waals surface area contributed by atoms with Gasteiger partial charge in [0.25, 0.3) is 0 Å². The zero-order valence-electron chi connectivity index (χ0n) is 11.0. The number of guanidine groups is 1. The Morgan fingerprint density at radius 2 is 2.20 bits per heavy atom. The summed E-state index contributed by atoms with van der Waals surface area (Å²) in [4.78, 5) is 8.00. The highest BCUT2D eigenvalue weighted by Gasteiger charge is 2.30. The van der Waals surface area contributed by atoms with E-state index < -0.39 is 11.7 Å². The second kappa shape index (κ2) is 6.11. The molecule has 1 heterocycles. The summed E-state index contributed by atoms with van der Waals surface area (Å²) in [7, 11) is 0. The van der Waals surface area contributed by atoms with E-state index in [0.717, 1.165) is 31.2 Å². The normalized spacial score (nSPS) is 16.9. The maximum absolute atomic E-state index is 12.5. The third-order valence-corrected chi connectivity index (χ3v) is 3.25. The molecule has 0 atom stereocenters. The molecule has 0 radical (unpaired) electrons. The molecule has 0 aliphatic heterocycles. The first-order valence-electron chi connectivity index (χ1n) is 6.54. The van der Waals surface area contributed by atoms with E-state index in [-0.39, 0.29) is 0 Å². The van der Waals surface area contributed by atoms with Crippen molar-refractivity contribution in [3.63, 3.8) is 0 Å². The molecule has 7 heteroatoms. The quantitative estimate of drug-likeness (QED) is 0.658. The van der Waals surface area contributed by atoms with Crippen LogP contribution in [0.3, 0.4) is 0 Å². The molecule has 1 aromatic rings. The number of alkyl halides is 3. The predicted molar refractivity (Wildman–Crippen MR) is 70.2 cm³/mol. The fourth-order valence-electron chi connectivity index (χ4n) is 1.89. The van der Waals surface area contributed by atoms with Crippen LogP contribution < -0.4 is 11.1 Å². The van der Waals surface area contributed by atoms with E-state index in [1.165, 1.54) is 6.42 Å². The molecule has 0 saturated heterocycles.